The fourth-order valence-electron chi connectivity index (χ4n) is 4.35. The molecule has 0 amide bonds. The summed E-state index contributed by atoms with van der Waals surface area (Å²) in [6.07, 6.45) is 2.69. The van der Waals surface area contributed by atoms with Crippen molar-refractivity contribution in [1.82, 2.24) is 23.9 Å². The topological polar surface area (TPSA) is 86.7 Å². The van der Waals surface area contributed by atoms with Gasteiger partial charge in [-0.2, -0.15) is 5.10 Å². The van der Waals surface area contributed by atoms with Crippen molar-refractivity contribution in [3.8, 4) is 11.3 Å². The Morgan fingerprint density at radius 1 is 0.946 bits per heavy atom. The molecule has 1 N–H and O–H groups in total. The largest absolute Gasteiger partial charge is 0.340 e. The number of hydrogen-bond donors (Lipinski definition) is 1. The normalized spacial score (nSPS) is 12.1. The molecule has 3 aromatic heterocycles. The first kappa shape index (κ1) is 24.2. The smallest absolute Gasteiger partial charge is 0.332 e. The number of benzene rings is 2. The third kappa shape index (κ3) is 4.82. The van der Waals surface area contributed by atoms with Gasteiger partial charge < -0.3 is 5.32 Å². The summed E-state index contributed by atoms with van der Waals surface area (Å²) < 4.78 is 4.58. The van der Waals surface area contributed by atoms with Gasteiger partial charge in [-0.25, -0.2) is 9.48 Å². The van der Waals surface area contributed by atoms with E-state index in [1.54, 1.807) is 15.4 Å². The Morgan fingerprint density at radius 2 is 1.68 bits per heavy atom. The fourth-order valence-corrected chi connectivity index (χ4v) is 4.35. The lowest BCUT2D eigenvalue weighted by Crippen LogP contribution is -2.39. The Morgan fingerprint density at radius 3 is 2.35 bits per heavy atom. The van der Waals surface area contributed by atoms with Gasteiger partial charge in [-0.15, -0.1) is 0 Å². The molecule has 8 nitrogen and oxygen atoms in total. The monoisotopic (exact) mass is 494 g/mol. The number of fused-ring (bicyclic) bond motifs is 1. The minimum Gasteiger partial charge on any atom is -0.340 e. The van der Waals surface area contributed by atoms with E-state index in [9.17, 15) is 9.59 Å². The van der Waals surface area contributed by atoms with Gasteiger partial charge in [-0.05, 0) is 35.7 Å². The van der Waals surface area contributed by atoms with Crippen LogP contribution in [0.2, 0.25) is 0 Å². The zero-order valence-electron chi connectivity index (χ0n) is 21.3. The van der Waals surface area contributed by atoms with E-state index in [0.717, 1.165) is 28.9 Å². The van der Waals surface area contributed by atoms with Crippen molar-refractivity contribution in [1.29, 1.82) is 0 Å². The summed E-state index contributed by atoms with van der Waals surface area (Å²) >= 11 is 0. The second-order valence-electron chi connectivity index (χ2n) is 9.38. The molecule has 0 aliphatic rings. The molecule has 5 rings (SSSR count). The summed E-state index contributed by atoms with van der Waals surface area (Å²) in [4.78, 5) is 30.9. The zero-order chi connectivity index (χ0) is 25.9. The molecule has 0 spiro atoms. The van der Waals surface area contributed by atoms with Crippen molar-refractivity contribution in [2.75, 3.05) is 5.32 Å². The number of para-hydroxylation sites is 1. The van der Waals surface area contributed by atoms with Crippen LogP contribution in [0.5, 0.6) is 0 Å². The van der Waals surface area contributed by atoms with Crippen LogP contribution < -0.4 is 16.6 Å². The molecule has 0 fully saturated rings. The summed E-state index contributed by atoms with van der Waals surface area (Å²) in [5, 5.41) is 8.63. The highest BCUT2D eigenvalue weighted by Crippen LogP contribution is 2.26. The molecular weight excluding hydrogens is 464 g/mol. The Hall–Kier alpha value is -4.46. The summed E-state index contributed by atoms with van der Waals surface area (Å²) in [5.74, 6) is 0.821. The van der Waals surface area contributed by atoms with E-state index in [1.165, 1.54) is 11.6 Å². The highest BCUT2D eigenvalue weighted by atomic mass is 16.2. The van der Waals surface area contributed by atoms with Crippen LogP contribution in [0.1, 0.15) is 25.8 Å². The van der Waals surface area contributed by atoms with Crippen molar-refractivity contribution in [2.45, 2.75) is 33.4 Å². The molecule has 8 heteroatoms. The molecule has 188 valence electrons. The third-order valence-electron chi connectivity index (χ3n) is 6.70. The quantitative estimate of drug-likeness (QED) is 0.335. The Balaban J connectivity index is 1.63. The van der Waals surface area contributed by atoms with Gasteiger partial charge in [-0.3, -0.25) is 18.9 Å². The van der Waals surface area contributed by atoms with E-state index in [1.807, 2.05) is 72.8 Å². The van der Waals surface area contributed by atoms with Gasteiger partial charge >= 0.3 is 5.69 Å². The molecule has 0 aliphatic heterocycles. The van der Waals surface area contributed by atoms with Crippen LogP contribution >= 0.6 is 0 Å². The number of pyridine rings is 1. The maximum Gasteiger partial charge on any atom is 0.332 e. The lowest BCUT2D eigenvalue weighted by atomic mass is 10.1. The first-order chi connectivity index (χ1) is 18.0. The standard InChI is InChI=1S/C29H30N6O2/c1-4-20(2)18-34-27-25(28(36)33(3)29(34)37)26(31-23-10-6-5-7-11-23)35(32-27)19-21-13-15-22(16-14-21)24-12-8-9-17-30-24/h5-17,20,31H,4,18-19H2,1-3H3. The second-order valence-corrected chi connectivity index (χ2v) is 9.38. The van der Waals surface area contributed by atoms with Gasteiger partial charge in [0.1, 0.15) is 11.2 Å². The van der Waals surface area contributed by atoms with E-state index in [4.69, 9.17) is 5.10 Å². The second kappa shape index (κ2) is 10.3. The number of nitrogens with one attached hydrogen (secondary N) is 1. The predicted octanol–water partition coefficient (Wildman–Crippen LogP) is 4.80. The lowest BCUT2D eigenvalue weighted by Gasteiger charge is -2.13. The van der Waals surface area contributed by atoms with E-state index in [2.05, 4.69) is 24.1 Å². The molecule has 5 aromatic rings. The van der Waals surface area contributed by atoms with Crippen LogP contribution in [0.3, 0.4) is 0 Å². The molecular formula is C29H30N6O2. The van der Waals surface area contributed by atoms with E-state index in [0.29, 0.717) is 29.9 Å². The van der Waals surface area contributed by atoms with Crippen LogP contribution in [0.4, 0.5) is 11.5 Å². The molecule has 1 unspecified atom stereocenters. The SMILES string of the molecule is CCC(C)Cn1c(=O)n(C)c(=O)c2c(Nc3ccccc3)n(Cc3ccc(-c4ccccn4)cc3)nc21. The van der Waals surface area contributed by atoms with Crippen LogP contribution in [0, 0.1) is 5.92 Å². The Labute approximate surface area is 214 Å². The first-order valence-electron chi connectivity index (χ1n) is 12.5. The maximum atomic E-state index is 13.4. The maximum absolute atomic E-state index is 13.4. The van der Waals surface area contributed by atoms with Gasteiger partial charge in [-0.1, -0.05) is 68.8 Å². The van der Waals surface area contributed by atoms with Gasteiger partial charge in [0.05, 0.1) is 12.2 Å². The number of aromatic nitrogens is 5. The molecule has 0 saturated carbocycles. The van der Waals surface area contributed by atoms with Crippen LogP contribution in [-0.2, 0) is 20.1 Å². The first-order valence-corrected chi connectivity index (χ1v) is 12.5. The Kier molecular flexibility index (Phi) is 6.72. The van der Waals surface area contributed by atoms with Gasteiger partial charge in [0.15, 0.2) is 5.65 Å². The van der Waals surface area contributed by atoms with Gasteiger partial charge in [0.25, 0.3) is 5.56 Å². The van der Waals surface area contributed by atoms with E-state index < -0.39 is 0 Å². The van der Waals surface area contributed by atoms with Crippen molar-refractivity contribution < 1.29 is 0 Å². The summed E-state index contributed by atoms with van der Waals surface area (Å²) in [7, 11) is 1.52. The van der Waals surface area contributed by atoms with Crippen molar-refractivity contribution in [3.05, 3.63) is 105 Å². The molecule has 0 aliphatic carbocycles. The number of nitrogens with zero attached hydrogens (tertiary/aromatic N) is 5. The number of anilines is 2. The summed E-state index contributed by atoms with van der Waals surface area (Å²) in [6, 6.07) is 23.6. The van der Waals surface area contributed by atoms with Crippen molar-refractivity contribution >= 4 is 22.5 Å². The molecule has 2 aromatic carbocycles. The average Bonchev–Trinajstić information content (AvgIpc) is 3.28. The molecule has 0 saturated heterocycles. The van der Waals surface area contributed by atoms with Crippen LogP contribution in [-0.4, -0.2) is 23.9 Å². The highest BCUT2D eigenvalue weighted by molar-refractivity contribution is 5.89. The molecule has 3 heterocycles. The lowest BCUT2D eigenvalue weighted by molar-refractivity contribution is 0.453. The van der Waals surface area contributed by atoms with Crippen LogP contribution in [0.25, 0.3) is 22.3 Å². The third-order valence-corrected chi connectivity index (χ3v) is 6.70. The molecule has 0 radical (unpaired) electrons. The van der Waals surface area contributed by atoms with Crippen LogP contribution in [0.15, 0.2) is 88.6 Å². The van der Waals surface area contributed by atoms with Crippen molar-refractivity contribution in [2.24, 2.45) is 13.0 Å². The molecule has 37 heavy (non-hydrogen) atoms. The zero-order valence-corrected chi connectivity index (χ0v) is 21.3. The Bertz CT molecular complexity index is 1630. The van der Waals surface area contributed by atoms with Gasteiger partial charge in [0.2, 0.25) is 0 Å². The minimum absolute atomic E-state index is 0.258. The van der Waals surface area contributed by atoms with E-state index in [-0.39, 0.29) is 17.2 Å². The van der Waals surface area contributed by atoms with E-state index >= 15 is 0 Å². The van der Waals surface area contributed by atoms with Gasteiger partial charge in [0, 0.05) is 31.0 Å². The molecule has 0 bridgehead atoms. The average molecular weight is 495 g/mol. The summed E-state index contributed by atoms with van der Waals surface area (Å²) in [5.41, 5.74) is 3.45. The highest BCUT2D eigenvalue weighted by Gasteiger charge is 2.22. The predicted molar refractivity (Wildman–Crippen MR) is 147 cm³/mol. The minimum atomic E-state index is -0.365. The molecule has 1 atom stereocenters. The number of hydrogen-bond acceptors (Lipinski definition) is 5. The number of rotatable bonds is 8. The fraction of sp³-hybridized carbons (Fsp3) is 0.241. The summed E-state index contributed by atoms with van der Waals surface area (Å²) in [6.45, 7) is 5.09. The van der Waals surface area contributed by atoms with Crippen molar-refractivity contribution in [3.63, 3.8) is 0 Å².